The lowest BCUT2D eigenvalue weighted by Crippen LogP contribution is -2.60. The molecule has 1 heterocycles. The Bertz CT molecular complexity index is 169. The topological polar surface area (TPSA) is 66.8 Å². The molecule has 1 aromatic heterocycles. The van der Waals surface area contributed by atoms with Crippen LogP contribution in [0.15, 0.2) is 18.7 Å². The quantitative estimate of drug-likeness (QED) is 0.299. The van der Waals surface area contributed by atoms with Crippen molar-refractivity contribution in [3.8, 4) is 0 Å². The summed E-state index contributed by atoms with van der Waals surface area (Å²) in [5.41, 5.74) is 0. The summed E-state index contributed by atoms with van der Waals surface area (Å²) >= 11 is 0. The Kier molecular flexibility index (Phi) is 0.957. The SMILES string of the molecule is [O-][n+]1ccnc[n+]1[O-]. The zero-order valence-corrected chi connectivity index (χ0v) is 3.89. The molecule has 0 spiro atoms. The van der Waals surface area contributed by atoms with Gasteiger partial charge in [0.25, 0.3) is 6.20 Å². The van der Waals surface area contributed by atoms with Crippen molar-refractivity contribution in [3.63, 3.8) is 0 Å². The van der Waals surface area contributed by atoms with E-state index in [1.165, 1.54) is 6.20 Å². The van der Waals surface area contributed by atoms with Gasteiger partial charge in [0.2, 0.25) is 6.20 Å². The predicted octanol–water partition coefficient (Wildman–Crippen LogP) is -1.65. The standard InChI is InChI=1S/C3H3N3O2/c7-5-2-1-4-3-6(5)8/h1-3H. The Hall–Kier alpha value is -1.39. The monoisotopic (exact) mass is 113 g/mol. The second-order valence-electron chi connectivity index (χ2n) is 1.17. The first kappa shape index (κ1) is 4.76. The van der Waals surface area contributed by atoms with Crippen LogP contribution in [0.25, 0.3) is 0 Å². The average Bonchev–Trinajstić information content (AvgIpc) is 1.77. The van der Waals surface area contributed by atoms with Crippen molar-refractivity contribution in [1.29, 1.82) is 0 Å². The van der Waals surface area contributed by atoms with Gasteiger partial charge in [0, 0.05) is 9.69 Å². The third kappa shape index (κ3) is 0.651. The third-order valence-corrected chi connectivity index (χ3v) is 0.640. The predicted molar refractivity (Wildman–Crippen MR) is 22.2 cm³/mol. The molecule has 0 aliphatic carbocycles. The molecule has 0 aliphatic heterocycles. The normalized spacial score (nSPS) is 9.00. The van der Waals surface area contributed by atoms with E-state index in [-0.39, 0.29) is 9.69 Å². The Morgan fingerprint density at radius 1 is 1.25 bits per heavy atom. The van der Waals surface area contributed by atoms with Crippen LogP contribution >= 0.6 is 0 Å². The molecule has 1 rings (SSSR count). The van der Waals surface area contributed by atoms with E-state index in [1.807, 2.05) is 0 Å². The van der Waals surface area contributed by atoms with Gasteiger partial charge in [-0.25, -0.2) is 0 Å². The van der Waals surface area contributed by atoms with Crippen LogP contribution < -0.4 is 9.69 Å². The lowest BCUT2D eigenvalue weighted by atomic mass is 10.9. The van der Waals surface area contributed by atoms with Crippen molar-refractivity contribution in [2.75, 3.05) is 0 Å². The molecule has 8 heavy (non-hydrogen) atoms. The third-order valence-electron chi connectivity index (χ3n) is 0.640. The van der Waals surface area contributed by atoms with E-state index in [0.29, 0.717) is 0 Å². The van der Waals surface area contributed by atoms with Gasteiger partial charge < -0.3 is 10.4 Å². The molecule has 0 bridgehead atoms. The fourth-order valence-electron chi connectivity index (χ4n) is 0.308. The molecule has 0 atom stereocenters. The van der Waals surface area contributed by atoms with Crippen molar-refractivity contribution < 1.29 is 9.69 Å². The lowest BCUT2D eigenvalue weighted by molar-refractivity contribution is -1.19. The van der Waals surface area contributed by atoms with Gasteiger partial charge in [-0.05, 0) is 4.98 Å². The minimum Gasteiger partial charge on any atom is -0.658 e. The van der Waals surface area contributed by atoms with Crippen LogP contribution in [-0.2, 0) is 0 Å². The van der Waals surface area contributed by atoms with Gasteiger partial charge in [-0.15, -0.1) is 0 Å². The second-order valence-corrected chi connectivity index (χ2v) is 1.17. The highest BCUT2D eigenvalue weighted by atomic mass is 16.6. The first-order chi connectivity index (χ1) is 3.80. The van der Waals surface area contributed by atoms with Crippen LogP contribution in [0.1, 0.15) is 0 Å². The highest BCUT2D eigenvalue weighted by Gasteiger charge is 1.92. The highest BCUT2D eigenvalue weighted by Crippen LogP contribution is 1.56. The summed E-state index contributed by atoms with van der Waals surface area (Å²) in [7, 11) is 0. The molecule has 0 N–H and O–H groups in total. The maximum Gasteiger partial charge on any atom is 0.348 e. The van der Waals surface area contributed by atoms with Gasteiger partial charge in [0.15, 0.2) is 0 Å². The number of aromatic nitrogens is 3. The van der Waals surface area contributed by atoms with Crippen LogP contribution in [0.4, 0.5) is 0 Å². The van der Waals surface area contributed by atoms with Crippen LogP contribution in [0.3, 0.4) is 0 Å². The minimum atomic E-state index is 0.0833. The van der Waals surface area contributed by atoms with Crippen LogP contribution in [0.2, 0.25) is 0 Å². The summed E-state index contributed by atoms with van der Waals surface area (Å²) in [4.78, 5) is 3.59. The Balaban J connectivity index is 3.13. The average molecular weight is 113 g/mol. The minimum absolute atomic E-state index is 0.0833. The first-order valence-corrected chi connectivity index (χ1v) is 1.93. The van der Waals surface area contributed by atoms with E-state index < -0.39 is 0 Å². The molecule has 0 saturated heterocycles. The van der Waals surface area contributed by atoms with E-state index >= 15 is 0 Å². The van der Waals surface area contributed by atoms with Crippen molar-refractivity contribution >= 4 is 0 Å². The molecule has 0 aromatic carbocycles. The summed E-state index contributed by atoms with van der Waals surface area (Å²) in [6.45, 7) is 0. The lowest BCUT2D eigenvalue weighted by Gasteiger charge is -1.95. The largest absolute Gasteiger partial charge is 0.658 e. The molecule has 0 saturated carbocycles. The Morgan fingerprint density at radius 3 is 2.38 bits per heavy atom. The zero-order valence-electron chi connectivity index (χ0n) is 3.89. The summed E-state index contributed by atoms with van der Waals surface area (Å²) < 4.78 is 0. The smallest absolute Gasteiger partial charge is 0.348 e. The fourth-order valence-corrected chi connectivity index (χ4v) is 0.308. The summed E-state index contributed by atoms with van der Waals surface area (Å²) in [5, 5.41) is 20.3. The summed E-state index contributed by atoms with van der Waals surface area (Å²) in [6, 6.07) is 0. The van der Waals surface area contributed by atoms with Crippen molar-refractivity contribution in [2.45, 2.75) is 0 Å². The van der Waals surface area contributed by atoms with Crippen molar-refractivity contribution in [2.24, 2.45) is 0 Å². The van der Waals surface area contributed by atoms with Gasteiger partial charge in [0.1, 0.15) is 0 Å². The molecular weight excluding hydrogens is 110 g/mol. The maximum atomic E-state index is 10.1. The van der Waals surface area contributed by atoms with E-state index in [2.05, 4.69) is 4.98 Å². The molecule has 5 heteroatoms. The van der Waals surface area contributed by atoms with Gasteiger partial charge in [-0.3, -0.25) is 0 Å². The zero-order chi connectivity index (χ0) is 5.98. The Labute approximate surface area is 45.0 Å². The second kappa shape index (κ2) is 1.61. The maximum absolute atomic E-state index is 10.1. The van der Waals surface area contributed by atoms with E-state index in [4.69, 9.17) is 0 Å². The molecule has 1 aromatic rings. The van der Waals surface area contributed by atoms with Crippen molar-refractivity contribution in [1.82, 2.24) is 4.98 Å². The molecular formula is C3H3N3O2. The molecule has 0 radical (unpaired) electrons. The summed E-state index contributed by atoms with van der Waals surface area (Å²) in [5.74, 6) is 0. The molecule has 0 unspecified atom stereocenters. The van der Waals surface area contributed by atoms with Crippen LogP contribution in [-0.4, -0.2) is 4.98 Å². The molecule has 0 aliphatic rings. The molecule has 0 amide bonds. The number of hydrogen-bond acceptors (Lipinski definition) is 3. The van der Waals surface area contributed by atoms with E-state index in [0.717, 1.165) is 12.5 Å². The summed E-state index contributed by atoms with van der Waals surface area (Å²) in [6.07, 6.45) is 3.14. The highest BCUT2D eigenvalue weighted by molar-refractivity contribution is 4.50. The fraction of sp³-hybridized carbons (Fsp3) is 0. The Morgan fingerprint density at radius 2 is 2.00 bits per heavy atom. The van der Waals surface area contributed by atoms with E-state index in [9.17, 15) is 10.4 Å². The number of hydrogen-bond donors (Lipinski definition) is 0. The van der Waals surface area contributed by atoms with Gasteiger partial charge in [0.05, 0.1) is 0 Å². The first-order valence-electron chi connectivity index (χ1n) is 1.93. The van der Waals surface area contributed by atoms with Crippen LogP contribution in [0, 0.1) is 10.4 Å². The van der Waals surface area contributed by atoms with Crippen LogP contribution in [0.5, 0.6) is 0 Å². The van der Waals surface area contributed by atoms with E-state index in [1.54, 1.807) is 0 Å². The van der Waals surface area contributed by atoms with Crippen molar-refractivity contribution in [3.05, 3.63) is 29.1 Å². The van der Waals surface area contributed by atoms with Gasteiger partial charge in [-0.1, -0.05) is 0 Å². The van der Waals surface area contributed by atoms with Gasteiger partial charge >= 0.3 is 6.33 Å². The number of nitrogens with zero attached hydrogens (tertiary/aromatic N) is 3. The van der Waals surface area contributed by atoms with Gasteiger partial charge in [-0.2, -0.15) is 0 Å². The molecule has 0 fully saturated rings. The number of rotatable bonds is 0. The molecule has 5 nitrogen and oxygen atoms in total. The molecule has 42 valence electrons.